The lowest BCUT2D eigenvalue weighted by Crippen LogP contribution is -2.17. The van der Waals surface area contributed by atoms with Crippen LogP contribution in [0.3, 0.4) is 0 Å². The third kappa shape index (κ3) is 1.95. The Bertz CT molecular complexity index is 572. The van der Waals surface area contributed by atoms with Gasteiger partial charge in [0.25, 0.3) is 5.56 Å². The number of fused-ring (bicyclic) bond motifs is 1. The fourth-order valence-electron chi connectivity index (χ4n) is 2.11. The van der Waals surface area contributed by atoms with Crippen LogP contribution in [-0.2, 0) is 19.4 Å². The Balaban J connectivity index is 1.80. The number of aromatic nitrogens is 2. The van der Waals surface area contributed by atoms with Gasteiger partial charge < -0.3 is 9.73 Å². The van der Waals surface area contributed by atoms with E-state index in [0.717, 1.165) is 36.3 Å². The summed E-state index contributed by atoms with van der Waals surface area (Å²) >= 11 is 0. The smallest absolute Gasteiger partial charge is 0.255 e. The fraction of sp³-hybridized carbons (Fsp3) is 0.333. The second-order valence-electron chi connectivity index (χ2n) is 4.13. The van der Waals surface area contributed by atoms with Gasteiger partial charge in [-0.1, -0.05) is 0 Å². The highest BCUT2D eigenvalue weighted by Crippen LogP contribution is 2.16. The molecule has 3 rings (SSSR count). The van der Waals surface area contributed by atoms with E-state index in [9.17, 15) is 4.79 Å². The molecule has 2 aromatic rings. The Morgan fingerprint density at radius 1 is 1.47 bits per heavy atom. The number of H-pyrrole nitrogens is 1. The molecule has 0 unspecified atom stereocenters. The Kier molecular flexibility index (Phi) is 2.44. The highest BCUT2D eigenvalue weighted by molar-refractivity contribution is 5.32. The van der Waals surface area contributed by atoms with Gasteiger partial charge in [-0.15, -0.1) is 0 Å². The normalized spacial score (nSPS) is 13.6. The van der Waals surface area contributed by atoms with E-state index in [2.05, 4.69) is 15.3 Å². The van der Waals surface area contributed by atoms with Crippen molar-refractivity contribution in [3.63, 3.8) is 0 Å². The van der Waals surface area contributed by atoms with Gasteiger partial charge in [-0.3, -0.25) is 9.78 Å². The molecule has 2 N–H and O–H groups in total. The monoisotopic (exact) mass is 231 g/mol. The Labute approximate surface area is 97.9 Å². The number of nitrogens with one attached hydrogen (secondary N) is 2. The third-order valence-corrected chi connectivity index (χ3v) is 2.95. The molecule has 5 heteroatoms. The van der Waals surface area contributed by atoms with Crippen LogP contribution in [0.4, 0.5) is 5.95 Å². The van der Waals surface area contributed by atoms with Crippen LogP contribution in [0, 0.1) is 0 Å². The minimum absolute atomic E-state index is 0.0190. The van der Waals surface area contributed by atoms with Crippen LogP contribution in [0.1, 0.15) is 23.4 Å². The van der Waals surface area contributed by atoms with E-state index in [0.29, 0.717) is 12.5 Å². The van der Waals surface area contributed by atoms with Crippen molar-refractivity contribution < 1.29 is 4.42 Å². The maximum atomic E-state index is 11.7. The highest BCUT2D eigenvalue weighted by atomic mass is 16.3. The van der Waals surface area contributed by atoms with Gasteiger partial charge in [-0.05, 0) is 31.4 Å². The van der Waals surface area contributed by atoms with Crippen LogP contribution in [0.15, 0.2) is 27.6 Å². The largest absolute Gasteiger partial charge is 0.467 e. The number of anilines is 1. The molecule has 88 valence electrons. The summed E-state index contributed by atoms with van der Waals surface area (Å²) in [6.07, 6.45) is 4.38. The van der Waals surface area contributed by atoms with Crippen molar-refractivity contribution in [3.05, 3.63) is 45.8 Å². The van der Waals surface area contributed by atoms with E-state index in [1.807, 2.05) is 12.1 Å². The number of hydrogen-bond acceptors (Lipinski definition) is 4. The Hall–Kier alpha value is -2.04. The zero-order valence-corrected chi connectivity index (χ0v) is 9.32. The van der Waals surface area contributed by atoms with Crippen molar-refractivity contribution in [1.29, 1.82) is 0 Å². The van der Waals surface area contributed by atoms with Crippen LogP contribution in [0.5, 0.6) is 0 Å². The number of aryl methyl sites for hydroxylation is 1. The van der Waals surface area contributed by atoms with Gasteiger partial charge in [0.15, 0.2) is 0 Å². The number of rotatable bonds is 3. The van der Waals surface area contributed by atoms with E-state index < -0.39 is 0 Å². The first-order valence-electron chi connectivity index (χ1n) is 5.71. The van der Waals surface area contributed by atoms with Crippen molar-refractivity contribution in [2.45, 2.75) is 25.8 Å². The first-order chi connectivity index (χ1) is 8.33. The Morgan fingerprint density at radius 2 is 2.41 bits per heavy atom. The van der Waals surface area contributed by atoms with E-state index in [4.69, 9.17) is 4.42 Å². The predicted molar refractivity (Wildman–Crippen MR) is 62.9 cm³/mol. The van der Waals surface area contributed by atoms with Crippen LogP contribution < -0.4 is 10.9 Å². The molecule has 0 amide bonds. The summed E-state index contributed by atoms with van der Waals surface area (Å²) in [6, 6.07) is 3.70. The second-order valence-corrected chi connectivity index (χ2v) is 4.13. The number of nitrogens with zero attached hydrogens (tertiary/aromatic N) is 1. The first-order valence-corrected chi connectivity index (χ1v) is 5.71. The van der Waals surface area contributed by atoms with Gasteiger partial charge >= 0.3 is 0 Å². The molecule has 0 saturated carbocycles. The topological polar surface area (TPSA) is 70.9 Å². The molecule has 0 aliphatic heterocycles. The molecule has 17 heavy (non-hydrogen) atoms. The molecule has 2 heterocycles. The minimum Gasteiger partial charge on any atom is -0.467 e. The summed E-state index contributed by atoms with van der Waals surface area (Å²) in [7, 11) is 0. The lowest BCUT2D eigenvalue weighted by Gasteiger charge is -2.05. The maximum absolute atomic E-state index is 11.7. The van der Waals surface area contributed by atoms with Crippen LogP contribution in [0.25, 0.3) is 0 Å². The van der Waals surface area contributed by atoms with Gasteiger partial charge in [0.05, 0.1) is 18.5 Å². The maximum Gasteiger partial charge on any atom is 0.255 e. The summed E-state index contributed by atoms with van der Waals surface area (Å²) in [6.45, 7) is 0.523. The fourth-order valence-corrected chi connectivity index (χ4v) is 2.11. The summed E-state index contributed by atoms with van der Waals surface area (Å²) in [5.74, 6) is 1.33. The molecule has 2 aromatic heterocycles. The van der Waals surface area contributed by atoms with E-state index in [-0.39, 0.29) is 5.56 Å². The summed E-state index contributed by atoms with van der Waals surface area (Å²) in [4.78, 5) is 18.9. The minimum atomic E-state index is -0.0190. The lowest BCUT2D eigenvalue weighted by molar-refractivity contribution is 0.517. The summed E-state index contributed by atoms with van der Waals surface area (Å²) < 4.78 is 5.20. The average Bonchev–Trinajstić information content (AvgIpc) is 2.97. The molecule has 1 aliphatic carbocycles. The van der Waals surface area contributed by atoms with Crippen molar-refractivity contribution >= 4 is 5.95 Å². The average molecular weight is 231 g/mol. The van der Waals surface area contributed by atoms with Crippen molar-refractivity contribution in [2.75, 3.05) is 5.32 Å². The molecule has 5 nitrogen and oxygen atoms in total. The van der Waals surface area contributed by atoms with E-state index >= 15 is 0 Å². The highest BCUT2D eigenvalue weighted by Gasteiger charge is 2.16. The predicted octanol–water partition coefficient (Wildman–Crippen LogP) is 1.46. The quantitative estimate of drug-likeness (QED) is 0.839. The molecule has 0 aromatic carbocycles. The summed E-state index contributed by atoms with van der Waals surface area (Å²) in [5, 5.41) is 3.06. The van der Waals surface area contributed by atoms with Crippen molar-refractivity contribution in [3.8, 4) is 0 Å². The first kappa shape index (κ1) is 10.1. The van der Waals surface area contributed by atoms with Gasteiger partial charge in [-0.2, -0.15) is 0 Å². The van der Waals surface area contributed by atoms with Gasteiger partial charge in [-0.25, -0.2) is 4.98 Å². The molecule has 0 bridgehead atoms. The molecule has 0 spiro atoms. The van der Waals surface area contributed by atoms with Gasteiger partial charge in [0.2, 0.25) is 5.95 Å². The van der Waals surface area contributed by atoms with Crippen LogP contribution in [0.2, 0.25) is 0 Å². The van der Waals surface area contributed by atoms with Crippen LogP contribution in [-0.4, -0.2) is 9.97 Å². The molecule has 1 aliphatic rings. The lowest BCUT2D eigenvalue weighted by atomic mass is 10.3. The number of hydrogen-bond donors (Lipinski definition) is 2. The number of furan rings is 1. The van der Waals surface area contributed by atoms with Gasteiger partial charge in [0, 0.05) is 5.56 Å². The standard InChI is InChI=1S/C12H13N3O2/c16-11-9-4-1-5-10(9)14-12(15-11)13-7-8-3-2-6-17-8/h2-3,6H,1,4-5,7H2,(H2,13,14,15,16). The van der Waals surface area contributed by atoms with Crippen LogP contribution >= 0.6 is 0 Å². The molecule has 0 radical (unpaired) electrons. The molecular formula is C12H13N3O2. The number of aromatic amines is 1. The van der Waals surface area contributed by atoms with E-state index in [1.165, 1.54) is 0 Å². The second kappa shape index (κ2) is 4.08. The molecule has 0 fully saturated rings. The van der Waals surface area contributed by atoms with Crippen molar-refractivity contribution in [1.82, 2.24) is 9.97 Å². The van der Waals surface area contributed by atoms with Crippen molar-refractivity contribution in [2.24, 2.45) is 0 Å². The summed E-state index contributed by atoms with van der Waals surface area (Å²) in [5.41, 5.74) is 1.75. The van der Waals surface area contributed by atoms with Gasteiger partial charge in [0.1, 0.15) is 5.76 Å². The molecular weight excluding hydrogens is 218 g/mol. The third-order valence-electron chi connectivity index (χ3n) is 2.95. The molecule has 0 saturated heterocycles. The zero-order chi connectivity index (χ0) is 11.7. The Morgan fingerprint density at radius 3 is 3.24 bits per heavy atom. The molecule has 0 atom stereocenters. The zero-order valence-electron chi connectivity index (χ0n) is 9.32. The van der Waals surface area contributed by atoms with E-state index in [1.54, 1.807) is 6.26 Å². The SMILES string of the molecule is O=c1[nH]c(NCc2ccco2)nc2c1CCC2.